The third-order valence-electron chi connectivity index (χ3n) is 3.30. The molecule has 0 aliphatic heterocycles. The highest BCUT2D eigenvalue weighted by Gasteiger charge is 2.20. The van der Waals surface area contributed by atoms with Gasteiger partial charge in [0.25, 0.3) is 0 Å². The first-order valence-corrected chi connectivity index (χ1v) is 6.94. The van der Waals surface area contributed by atoms with Gasteiger partial charge in [0.05, 0.1) is 23.1 Å². The van der Waals surface area contributed by atoms with Crippen LogP contribution in [0.15, 0.2) is 18.3 Å². The summed E-state index contributed by atoms with van der Waals surface area (Å²) in [5, 5.41) is 12.3. The molecule has 19 heavy (non-hydrogen) atoms. The fourth-order valence-electron chi connectivity index (χ4n) is 2.49. The Labute approximate surface area is 114 Å². The molecule has 0 radical (unpaired) electrons. The second kappa shape index (κ2) is 6.02. The van der Waals surface area contributed by atoms with Gasteiger partial charge in [-0.25, -0.2) is 0 Å². The van der Waals surface area contributed by atoms with Crippen LogP contribution in [0.4, 0.5) is 0 Å². The maximum Gasteiger partial charge on any atom is 0.0916 e. The first kappa shape index (κ1) is 13.8. The van der Waals surface area contributed by atoms with Crippen LogP contribution < -0.4 is 5.32 Å². The van der Waals surface area contributed by atoms with Gasteiger partial charge < -0.3 is 5.32 Å². The normalized spacial score (nSPS) is 12.8. The molecule has 5 heteroatoms. The van der Waals surface area contributed by atoms with Gasteiger partial charge in [-0.05, 0) is 39.4 Å². The fraction of sp³-hybridized carbons (Fsp3) is 0.571. The molecule has 2 aromatic rings. The molecule has 0 amide bonds. The maximum atomic E-state index is 4.53. The summed E-state index contributed by atoms with van der Waals surface area (Å²) in [5.74, 6) is 0. The molecule has 1 atom stereocenters. The number of nitrogens with one attached hydrogen (secondary N) is 1. The zero-order chi connectivity index (χ0) is 13.8. The number of rotatable bonds is 6. The van der Waals surface area contributed by atoms with Crippen LogP contribution in [0.3, 0.4) is 0 Å². The Morgan fingerprint density at radius 2 is 2.05 bits per heavy atom. The van der Waals surface area contributed by atoms with Crippen LogP contribution >= 0.6 is 0 Å². The van der Waals surface area contributed by atoms with Crippen LogP contribution in [0.5, 0.6) is 0 Å². The highest BCUT2D eigenvalue weighted by atomic mass is 15.3. The van der Waals surface area contributed by atoms with Gasteiger partial charge in [-0.2, -0.15) is 10.2 Å². The lowest BCUT2D eigenvalue weighted by Gasteiger charge is -2.19. The van der Waals surface area contributed by atoms with E-state index in [1.807, 2.05) is 20.2 Å². The van der Waals surface area contributed by atoms with E-state index in [9.17, 15) is 0 Å². The number of hydrogen-bond acceptors (Lipinski definition) is 3. The van der Waals surface area contributed by atoms with Gasteiger partial charge in [-0.3, -0.25) is 9.36 Å². The van der Waals surface area contributed by atoms with Gasteiger partial charge in [-0.1, -0.05) is 6.92 Å². The molecule has 0 bridgehead atoms. The maximum absolute atomic E-state index is 4.53. The van der Waals surface area contributed by atoms with E-state index in [2.05, 4.69) is 50.9 Å². The number of hydrogen-bond donors (Lipinski definition) is 1. The Balaban J connectivity index is 2.40. The van der Waals surface area contributed by atoms with Crippen molar-refractivity contribution in [2.75, 3.05) is 7.05 Å². The zero-order valence-electron chi connectivity index (χ0n) is 12.2. The summed E-state index contributed by atoms with van der Waals surface area (Å²) in [6.07, 6.45) is 2.95. The van der Waals surface area contributed by atoms with E-state index < -0.39 is 0 Å². The summed E-state index contributed by atoms with van der Waals surface area (Å²) in [6, 6.07) is 4.36. The van der Waals surface area contributed by atoms with Crippen molar-refractivity contribution in [3.05, 3.63) is 35.4 Å². The lowest BCUT2D eigenvalue weighted by atomic mass is 10.1. The Kier molecular flexibility index (Phi) is 4.37. The average Bonchev–Trinajstić information content (AvgIpc) is 2.99. The van der Waals surface area contributed by atoms with Crippen molar-refractivity contribution in [1.29, 1.82) is 0 Å². The zero-order valence-corrected chi connectivity index (χ0v) is 12.2. The average molecular weight is 261 g/mol. The van der Waals surface area contributed by atoms with E-state index in [0.717, 1.165) is 25.2 Å². The summed E-state index contributed by atoms with van der Waals surface area (Å²) in [4.78, 5) is 0. The Morgan fingerprint density at radius 3 is 2.68 bits per heavy atom. The van der Waals surface area contributed by atoms with Crippen LogP contribution in [0, 0.1) is 6.92 Å². The monoisotopic (exact) mass is 261 g/mol. The van der Waals surface area contributed by atoms with Gasteiger partial charge in [0.1, 0.15) is 0 Å². The molecule has 2 rings (SSSR count). The lowest BCUT2D eigenvalue weighted by Crippen LogP contribution is -2.24. The first-order valence-electron chi connectivity index (χ1n) is 6.94. The molecule has 0 saturated carbocycles. The van der Waals surface area contributed by atoms with Gasteiger partial charge in [0.15, 0.2) is 0 Å². The highest BCUT2D eigenvalue weighted by Crippen LogP contribution is 2.22. The van der Waals surface area contributed by atoms with Crippen LogP contribution in [0.25, 0.3) is 0 Å². The smallest absolute Gasteiger partial charge is 0.0916 e. The Hall–Kier alpha value is -1.62. The molecule has 0 aliphatic rings. The SMILES string of the molecule is CCCn1nccc1C(NC)c1cc(C)nn1CC. The van der Waals surface area contributed by atoms with E-state index in [1.165, 1.54) is 11.4 Å². The van der Waals surface area contributed by atoms with Crippen molar-refractivity contribution in [3.8, 4) is 0 Å². The molecular weight excluding hydrogens is 238 g/mol. The minimum absolute atomic E-state index is 0.134. The van der Waals surface area contributed by atoms with E-state index in [-0.39, 0.29) is 6.04 Å². The van der Waals surface area contributed by atoms with Crippen LogP contribution in [-0.4, -0.2) is 26.6 Å². The predicted octanol–water partition coefficient (Wildman–Crippen LogP) is 2.13. The summed E-state index contributed by atoms with van der Waals surface area (Å²) in [7, 11) is 1.98. The summed E-state index contributed by atoms with van der Waals surface area (Å²) >= 11 is 0. The molecule has 5 nitrogen and oxygen atoms in total. The summed E-state index contributed by atoms with van der Waals surface area (Å²) in [6.45, 7) is 8.14. The molecule has 2 heterocycles. The van der Waals surface area contributed by atoms with Crippen LogP contribution in [-0.2, 0) is 13.1 Å². The molecule has 104 valence electrons. The van der Waals surface area contributed by atoms with Crippen molar-refractivity contribution in [2.45, 2.75) is 46.3 Å². The van der Waals surface area contributed by atoms with Crippen molar-refractivity contribution < 1.29 is 0 Å². The third kappa shape index (κ3) is 2.71. The highest BCUT2D eigenvalue weighted by molar-refractivity contribution is 5.23. The number of aryl methyl sites for hydroxylation is 3. The topological polar surface area (TPSA) is 47.7 Å². The molecule has 0 aromatic carbocycles. The fourth-order valence-corrected chi connectivity index (χ4v) is 2.49. The van der Waals surface area contributed by atoms with E-state index in [4.69, 9.17) is 0 Å². The molecular formula is C14H23N5. The van der Waals surface area contributed by atoms with Crippen molar-refractivity contribution in [3.63, 3.8) is 0 Å². The molecule has 1 unspecified atom stereocenters. The number of nitrogens with zero attached hydrogens (tertiary/aromatic N) is 4. The molecule has 1 N–H and O–H groups in total. The minimum atomic E-state index is 0.134. The van der Waals surface area contributed by atoms with E-state index >= 15 is 0 Å². The van der Waals surface area contributed by atoms with Crippen LogP contribution in [0.1, 0.15) is 43.4 Å². The lowest BCUT2D eigenvalue weighted by molar-refractivity contribution is 0.503. The number of aromatic nitrogens is 4. The molecule has 2 aromatic heterocycles. The van der Waals surface area contributed by atoms with E-state index in [1.54, 1.807) is 0 Å². The van der Waals surface area contributed by atoms with Crippen molar-refractivity contribution in [1.82, 2.24) is 24.9 Å². The van der Waals surface area contributed by atoms with Gasteiger partial charge in [0.2, 0.25) is 0 Å². The second-order valence-corrected chi connectivity index (χ2v) is 4.73. The standard InChI is InChI=1S/C14H23N5/c1-5-9-19-12(7-8-16-19)14(15-4)13-10-11(3)17-18(13)6-2/h7-8,10,14-15H,5-6,9H2,1-4H3. The molecule has 0 saturated heterocycles. The Morgan fingerprint density at radius 1 is 1.26 bits per heavy atom. The molecule has 0 spiro atoms. The summed E-state index contributed by atoms with van der Waals surface area (Å²) in [5.41, 5.74) is 3.44. The van der Waals surface area contributed by atoms with Crippen LogP contribution in [0.2, 0.25) is 0 Å². The quantitative estimate of drug-likeness (QED) is 0.866. The van der Waals surface area contributed by atoms with Gasteiger partial charge in [0, 0.05) is 19.3 Å². The first-order chi connectivity index (χ1) is 9.21. The van der Waals surface area contributed by atoms with E-state index in [0.29, 0.717) is 0 Å². The minimum Gasteiger partial charge on any atom is -0.307 e. The molecule has 0 aliphatic carbocycles. The largest absolute Gasteiger partial charge is 0.307 e. The predicted molar refractivity (Wildman–Crippen MR) is 76.1 cm³/mol. The van der Waals surface area contributed by atoms with Crippen molar-refractivity contribution in [2.24, 2.45) is 0 Å². The third-order valence-corrected chi connectivity index (χ3v) is 3.30. The second-order valence-electron chi connectivity index (χ2n) is 4.73. The van der Waals surface area contributed by atoms with Gasteiger partial charge >= 0.3 is 0 Å². The van der Waals surface area contributed by atoms with Gasteiger partial charge in [-0.15, -0.1) is 0 Å². The Bertz CT molecular complexity index is 526. The molecule has 0 fully saturated rings. The summed E-state index contributed by atoms with van der Waals surface area (Å²) < 4.78 is 4.13. The van der Waals surface area contributed by atoms with Crippen molar-refractivity contribution >= 4 is 0 Å².